The van der Waals surface area contributed by atoms with E-state index in [2.05, 4.69) is 16.4 Å². The molecule has 1 N–H and O–H groups in total. The zero-order valence-electron chi connectivity index (χ0n) is 14.0. The van der Waals surface area contributed by atoms with Crippen LogP contribution in [0.2, 0.25) is 0 Å². The summed E-state index contributed by atoms with van der Waals surface area (Å²) in [7, 11) is 0. The molecule has 25 heavy (non-hydrogen) atoms. The van der Waals surface area contributed by atoms with Gasteiger partial charge in [0.25, 0.3) is 5.91 Å². The lowest BCUT2D eigenvalue weighted by Gasteiger charge is -2.23. The van der Waals surface area contributed by atoms with Gasteiger partial charge >= 0.3 is 0 Å². The van der Waals surface area contributed by atoms with Gasteiger partial charge in [0.1, 0.15) is 11.8 Å². The fraction of sp³-hybridized carbons (Fsp3) is 0.350. The van der Waals surface area contributed by atoms with Gasteiger partial charge in [-0.2, -0.15) is 5.26 Å². The Hall–Kier alpha value is -2.38. The normalized spacial score (nSPS) is 14.7. The first-order chi connectivity index (χ1) is 12.2. The Morgan fingerprint density at radius 2 is 2.04 bits per heavy atom. The third kappa shape index (κ3) is 4.00. The lowest BCUT2D eigenvalue weighted by molar-refractivity contribution is 0.102. The van der Waals surface area contributed by atoms with Crippen LogP contribution in [-0.2, 0) is 5.88 Å². The topological polar surface area (TPSA) is 65.8 Å². The summed E-state index contributed by atoms with van der Waals surface area (Å²) in [5.41, 5.74) is 3.33. The molecule has 1 aromatic carbocycles. The number of amides is 1. The Labute approximate surface area is 152 Å². The quantitative estimate of drug-likeness (QED) is 0.787. The molecule has 0 atom stereocenters. The molecule has 1 amide bonds. The largest absolute Gasteiger partial charge is 0.319 e. The van der Waals surface area contributed by atoms with Crippen LogP contribution in [0.5, 0.6) is 0 Å². The number of aromatic nitrogens is 1. The second-order valence-electron chi connectivity index (χ2n) is 6.36. The van der Waals surface area contributed by atoms with E-state index in [1.165, 1.54) is 19.3 Å². The van der Waals surface area contributed by atoms with Gasteiger partial charge in [0.15, 0.2) is 0 Å². The number of halogens is 1. The number of anilines is 1. The van der Waals surface area contributed by atoms with E-state index in [9.17, 15) is 10.1 Å². The highest BCUT2D eigenvalue weighted by atomic mass is 35.5. The number of nitriles is 1. The molecular formula is C20H20ClN3O. The zero-order chi connectivity index (χ0) is 17.6. The van der Waals surface area contributed by atoms with E-state index in [1.807, 2.05) is 12.1 Å². The molecule has 0 radical (unpaired) electrons. The van der Waals surface area contributed by atoms with Crippen molar-refractivity contribution < 1.29 is 4.79 Å². The van der Waals surface area contributed by atoms with Crippen molar-refractivity contribution in [2.75, 3.05) is 5.32 Å². The first-order valence-corrected chi connectivity index (χ1v) is 9.11. The number of nitrogens with one attached hydrogen (secondary N) is 1. The van der Waals surface area contributed by atoms with E-state index in [-0.39, 0.29) is 5.91 Å². The molecule has 1 aromatic heterocycles. The number of nitrogens with zero attached hydrogens (tertiary/aromatic N) is 2. The van der Waals surface area contributed by atoms with E-state index >= 15 is 0 Å². The number of carbonyl (C=O) groups excluding carboxylic acids is 1. The highest BCUT2D eigenvalue weighted by Gasteiger charge is 2.21. The molecule has 1 fully saturated rings. The molecule has 3 rings (SSSR count). The standard InChI is InChI=1S/C20H20ClN3O/c21-11-14-9-10-19(23-13-14)20(25)24-18-8-4-7-16(17(18)12-22)15-5-2-1-3-6-15/h4,7-10,13,15H,1-3,5-6,11H2,(H,24,25). The van der Waals surface area contributed by atoms with Gasteiger partial charge in [0.05, 0.1) is 11.3 Å². The Kier molecular flexibility index (Phi) is 5.67. The van der Waals surface area contributed by atoms with Gasteiger partial charge in [-0.3, -0.25) is 9.78 Å². The van der Waals surface area contributed by atoms with Crippen LogP contribution in [0.15, 0.2) is 36.5 Å². The number of carbonyl (C=O) groups is 1. The van der Waals surface area contributed by atoms with Crippen molar-refractivity contribution in [3.05, 3.63) is 58.9 Å². The predicted octanol–water partition coefficient (Wildman–Crippen LogP) is 4.99. The van der Waals surface area contributed by atoms with Crippen LogP contribution in [-0.4, -0.2) is 10.9 Å². The van der Waals surface area contributed by atoms with Gasteiger partial charge in [0, 0.05) is 12.1 Å². The summed E-state index contributed by atoms with van der Waals surface area (Å²) in [5.74, 6) is 0.441. The van der Waals surface area contributed by atoms with Crippen LogP contribution in [0.4, 0.5) is 5.69 Å². The number of hydrogen-bond acceptors (Lipinski definition) is 3. The van der Waals surface area contributed by atoms with E-state index in [1.54, 1.807) is 24.4 Å². The molecule has 128 valence electrons. The molecule has 0 saturated heterocycles. The summed E-state index contributed by atoms with van der Waals surface area (Å²) in [4.78, 5) is 16.6. The highest BCUT2D eigenvalue weighted by molar-refractivity contribution is 6.17. The van der Waals surface area contributed by atoms with Crippen molar-refractivity contribution in [3.8, 4) is 6.07 Å². The van der Waals surface area contributed by atoms with Gasteiger partial charge in [0.2, 0.25) is 0 Å². The van der Waals surface area contributed by atoms with Crippen LogP contribution in [0.1, 0.15) is 65.2 Å². The van der Waals surface area contributed by atoms with Crippen LogP contribution >= 0.6 is 11.6 Å². The summed E-state index contributed by atoms with van der Waals surface area (Å²) in [6, 6.07) is 11.4. The lowest BCUT2D eigenvalue weighted by Crippen LogP contribution is -2.16. The molecule has 0 bridgehead atoms. The molecule has 1 aliphatic rings. The second kappa shape index (κ2) is 8.13. The molecule has 1 saturated carbocycles. The second-order valence-corrected chi connectivity index (χ2v) is 6.62. The average Bonchev–Trinajstić information content (AvgIpc) is 2.68. The number of rotatable bonds is 4. The molecule has 2 aromatic rings. The van der Waals surface area contributed by atoms with Crippen LogP contribution in [0.3, 0.4) is 0 Å². The smallest absolute Gasteiger partial charge is 0.274 e. The molecule has 1 aliphatic carbocycles. The summed E-state index contributed by atoms with van der Waals surface area (Å²) < 4.78 is 0. The van der Waals surface area contributed by atoms with Crippen LogP contribution < -0.4 is 5.32 Å². The average molecular weight is 354 g/mol. The van der Waals surface area contributed by atoms with E-state index < -0.39 is 0 Å². The molecular weight excluding hydrogens is 334 g/mol. The van der Waals surface area contributed by atoms with Gasteiger partial charge < -0.3 is 5.32 Å². The van der Waals surface area contributed by atoms with E-state index in [0.29, 0.717) is 28.7 Å². The lowest BCUT2D eigenvalue weighted by atomic mass is 9.82. The zero-order valence-corrected chi connectivity index (χ0v) is 14.7. The maximum Gasteiger partial charge on any atom is 0.274 e. The fourth-order valence-electron chi connectivity index (χ4n) is 3.38. The van der Waals surface area contributed by atoms with Crippen LogP contribution in [0.25, 0.3) is 0 Å². The Morgan fingerprint density at radius 1 is 1.24 bits per heavy atom. The Bertz CT molecular complexity index is 790. The molecule has 0 unspecified atom stereocenters. The number of alkyl halides is 1. The van der Waals surface area contributed by atoms with E-state index in [0.717, 1.165) is 24.0 Å². The molecule has 4 nitrogen and oxygen atoms in total. The van der Waals surface area contributed by atoms with Crippen molar-refractivity contribution in [2.24, 2.45) is 0 Å². The number of benzene rings is 1. The predicted molar refractivity (Wildman–Crippen MR) is 98.7 cm³/mol. The minimum Gasteiger partial charge on any atom is -0.319 e. The minimum atomic E-state index is -0.321. The van der Waals surface area contributed by atoms with Crippen molar-refractivity contribution in [1.29, 1.82) is 5.26 Å². The van der Waals surface area contributed by atoms with Crippen molar-refractivity contribution in [1.82, 2.24) is 4.98 Å². The van der Waals surface area contributed by atoms with Crippen molar-refractivity contribution in [3.63, 3.8) is 0 Å². The molecule has 5 heteroatoms. The summed E-state index contributed by atoms with van der Waals surface area (Å²) in [6.45, 7) is 0. The third-order valence-electron chi connectivity index (χ3n) is 4.71. The Morgan fingerprint density at radius 3 is 2.68 bits per heavy atom. The summed E-state index contributed by atoms with van der Waals surface area (Å²) in [6.07, 6.45) is 7.46. The fourth-order valence-corrected chi connectivity index (χ4v) is 3.54. The third-order valence-corrected chi connectivity index (χ3v) is 5.02. The van der Waals surface area contributed by atoms with Crippen LogP contribution in [0, 0.1) is 11.3 Å². The van der Waals surface area contributed by atoms with E-state index in [4.69, 9.17) is 11.6 Å². The Balaban J connectivity index is 1.84. The molecule has 0 aliphatic heterocycles. The monoisotopic (exact) mass is 353 g/mol. The SMILES string of the molecule is N#Cc1c(NC(=O)c2ccc(CCl)cn2)cccc1C1CCCCC1. The van der Waals surface area contributed by atoms with Crippen molar-refractivity contribution in [2.45, 2.75) is 43.9 Å². The van der Waals surface area contributed by atoms with Gasteiger partial charge in [-0.1, -0.05) is 37.5 Å². The van der Waals surface area contributed by atoms with Gasteiger partial charge in [-0.25, -0.2) is 0 Å². The summed E-state index contributed by atoms with van der Waals surface area (Å²) in [5, 5.41) is 12.5. The molecule has 0 spiro atoms. The number of hydrogen-bond donors (Lipinski definition) is 1. The van der Waals surface area contributed by atoms with Gasteiger partial charge in [-0.15, -0.1) is 11.6 Å². The minimum absolute atomic E-state index is 0.306. The maximum absolute atomic E-state index is 12.5. The first-order valence-electron chi connectivity index (χ1n) is 8.58. The highest BCUT2D eigenvalue weighted by Crippen LogP contribution is 2.36. The summed E-state index contributed by atoms with van der Waals surface area (Å²) >= 11 is 5.74. The van der Waals surface area contributed by atoms with Crippen molar-refractivity contribution >= 4 is 23.2 Å². The molecule has 1 heterocycles. The maximum atomic E-state index is 12.5. The number of pyridine rings is 1. The van der Waals surface area contributed by atoms with Gasteiger partial charge in [-0.05, 0) is 42.0 Å². The first kappa shape index (κ1) is 17.4.